The Hall–Kier alpha value is -3.79. The van der Waals surface area contributed by atoms with Crippen molar-refractivity contribution in [2.24, 2.45) is 0 Å². The van der Waals surface area contributed by atoms with Gasteiger partial charge in [-0.1, -0.05) is 0 Å². The van der Waals surface area contributed by atoms with Crippen LogP contribution in [0.2, 0.25) is 0 Å². The molecule has 1 fully saturated rings. The van der Waals surface area contributed by atoms with E-state index in [0.717, 1.165) is 11.1 Å². The third-order valence-corrected chi connectivity index (χ3v) is 6.86. The lowest BCUT2D eigenvalue weighted by Gasteiger charge is -2.24. The first-order valence-corrected chi connectivity index (χ1v) is 11.4. The molecule has 0 spiro atoms. The quantitative estimate of drug-likeness (QED) is 0.415. The lowest BCUT2D eigenvalue weighted by atomic mass is 10.0. The number of aromatic nitrogens is 6. The number of benzene rings is 1. The molecule has 1 saturated heterocycles. The molecule has 32 heavy (non-hydrogen) atoms. The van der Waals surface area contributed by atoms with Crippen LogP contribution in [0.4, 0.5) is 4.39 Å². The average molecular weight is 446 g/mol. The first-order chi connectivity index (χ1) is 15.7. The number of nitrogens with zero attached hydrogens (tertiary/aromatic N) is 6. The molecule has 0 N–H and O–H groups in total. The predicted molar refractivity (Wildman–Crippen MR) is 116 cm³/mol. The van der Waals surface area contributed by atoms with Gasteiger partial charge in [0, 0.05) is 52.0 Å². The van der Waals surface area contributed by atoms with Gasteiger partial charge in [-0.3, -0.25) is 8.89 Å². The standard InChI is InChI=1S/C22H15FN6O2S/c23-14-4-2-13(3-5-14)19-17(9-29(28-19)15-10-32(30)11-15)20-16-8-18(21-24-6-1-7-25-21)31-22(16)27-12-26-20/h1-9,12,15H,10-11H2. The van der Waals surface area contributed by atoms with Gasteiger partial charge in [0.2, 0.25) is 5.71 Å². The molecule has 1 aliphatic heterocycles. The minimum Gasteiger partial charge on any atom is -0.434 e. The molecule has 4 aromatic heterocycles. The molecule has 5 aromatic rings. The predicted octanol–water partition coefficient (Wildman–Crippen LogP) is 3.65. The fourth-order valence-electron chi connectivity index (χ4n) is 3.71. The van der Waals surface area contributed by atoms with Gasteiger partial charge in [-0.25, -0.2) is 24.3 Å². The fraction of sp³-hybridized carbons (Fsp3) is 0.136. The highest BCUT2D eigenvalue weighted by molar-refractivity contribution is 7.86. The van der Waals surface area contributed by atoms with Crippen LogP contribution >= 0.6 is 0 Å². The molecular weight excluding hydrogens is 431 g/mol. The SMILES string of the molecule is O=S1CC(n2cc(-c3ncnc4oc(-c5ncccn5)cc34)c(-c3ccc(F)cc3)n2)C1. The number of hydrogen-bond acceptors (Lipinski definition) is 7. The smallest absolute Gasteiger partial charge is 0.230 e. The van der Waals surface area contributed by atoms with Crippen LogP contribution in [0.25, 0.3) is 45.2 Å². The van der Waals surface area contributed by atoms with Crippen molar-refractivity contribution < 1.29 is 13.0 Å². The van der Waals surface area contributed by atoms with Gasteiger partial charge in [0.25, 0.3) is 0 Å². The van der Waals surface area contributed by atoms with E-state index < -0.39 is 10.8 Å². The van der Waals surface area contributed by atoms with Crippen LogP contribution in [0.15, 0.2) is 65.7 Å². The van der Waals surface area contributed by atoms with Gasteiger partial charge in [-0.05, 0) is 36.4 Å². The van der Waals surface area contributed by atoms with Crippen molar-refractivity contribution in [1.29, 1.82) is 0 Å². The third-order valence-electron chi connectivity index (χ3n) is 5.35. The lowest BCUT2D eigenvalue weighted by Crippen LogP contribution is -2.33. The van der Waals surface area contributed by atoms with Crippen molar-refractivity contribution in [1.82, 2.24) is 29.7 Å². The summed E-state index contributed by atoms with van der Waals surface area (Å²) in [6, 6.07) is 9.75. The number of rotatable bonds is 4. The number of fused-ring (bicyclic) bond motifs is 1. The van der Waals surface area contributed by atoms with Gasteiger partial charge in [0.1, 0.15) is 17.8 Å². The van der Waals surface area contributed by atoms with Gasteiger partial charge in [0.05, 0.1) is 17.1 Å². The monoisotopic (exact) mass is 446 g/mol. The van der Waals surface area contributed by atoms with E-state index in [1.807, 2.05) is 16.9 Å². The van der Waals surface area contributed by atoms with E-state index >= 15 is 0 Å². The Morgan fingerprint density at radius 1 is 1.03 bits per heavy atom. The molecule has 5 heterocycles. The minimum atomic E-state index is -0.817. The zero-order valence-electron chi connectivity index (χ0n) is 16.6. The Labute approximate surface area is 183 Å². The molecule has 10 heteroatoms. The van der Waals surface area contributed by atoms with Crippen molar-refractivity contribution in [3.8, 4) is 34.1 Å². The maximum Gasteiger partial charge on any atom is 0.230 e. The molecule has 6 rings (SSSR count). The molecule has 0 atom stereocenters. The molecule has 0 bridgehead atoms. The molecule has 1 aliphatic rings. The van der Waals surface area contributed by atoms with Gasteiger partial charge < -0.3 is 4.42 Å². The van der Waals surface area contributed by atoms with Gasteiger partial charge in [-0.2, -0.15) is 5.10 Å². The molecule has 8 nitrogen and oxygen atoms in total. The van der Waals surface area contributed by atoms with E-state index in [0.29, 0.717) is 45.6 Å². The first-order valence-electron chi connectivity index (χ1n) is 9.88. The maximum absolute atomic E-state index is 13.5. The summed E-state index contributed by atoms with van der Waals surface area (Å²) in [5, 5.41) is 5.45. The topological polar surface area (TPSA) is 99.6 Å². The Bertz CT molecular complexity index is 1460. The summed E-state index contributed by atoms with van der Waals surface area (Å²) in [5.41, 5.74) is 3.19. The molecule has 1 aromatic carbocycles. The molecular formula is C22H15FN6O2S. The van der Waals surface area contributed by atoms with Crippen molar-refractivity contribution >= 4 is 21.9 Å². The highest BCUT2D eigenvalue weighted by atomic mass is 32.2. The van der Waals surface area contributed by atoms with Crippen molar-refractivity contribution in [3.63, 3.8) is 0 Å². The zero-order valence-corrected chi connectivity index (χ0v) is 17.4. The van der Waals surface area contributed by atoms with Crippen LogP contribution in [0.3, 0.4) is 0 Å². The van der Waals surface area contributed by atoms with Crippen LogP contribution in [-0.2, 0) is 10.8 Å². The van der Waals surface area contributed by atoms with Crippen LogP contribution in [0, 0.1) is 5.82 Å². The number of furan rings is 1. The average Bonchev–Trinajstić information content (AvgIpc) is 3.43. The Balaban J connectivity index is 1.53. The highest BCUT2D eigenvalue weighted by Crippen LogP contribution is 2.37. The van der Waals surface area contributed by atoms with E-state index in [9.17, 15) is 8.60 Å². The van der Waals surface area contributed by atoms with E-state index in [-0.39, 0.29) is 11.9 Å². The van der Waals surface area contributed by atoms with Crippen LogP contribution in [0.1, 0.15) is 6.04 Å². The summed E-state index contributed by atoms with van der Waals surface area (Å²) in [5.74, 6) is 1.72. The zero-order chi connectivity index (χ0) is 21.7. The van der Waals surface area contributed by atoms with E-state index in [1.165, 1.54) is 18.5 Å². The van der Waals surface area contributed by atoms with Crippen LogP contribution < -0.4 is 0 Å². The first kappa shape index (κ1) is 18.9. The fourth-order valence-corrected chi connectivity index (χ4v) is 4.78. The second kappa shape index (κ2) is 7.41. The van der Waals surface area contributed by atoms with Crippen molar-refractivity contribution in [2.45, 2.75) is 6.04 Å². The van der Waals surface area contributed by atoms with E-state index in [4.69, 9.17) is 9.52 Å². The summed E-state index contributed by atoms with van der Waals surface area (Å²) in [7, 11) is -0.817. The summed E-state index contributed by atoms with van der Waals surface area (Å²) >= 11 is 0. The van der Waals surface area contributed by atoms with Gasteiger partial charge >= 0.3 is 0 Å². The Morgan fingerprint density at radius 2 is 1.81 bits per heavy atom. The molecule has 0 amide bonds. The minimum absolute atomic E-state index is 0.0544. The van der Waals surface area contributed by atoms with Crippen molar-refractivity contribution in [2.75, 3.05) is 11.5 Å². The number of hydrogen-bond donors (Lipinski definition) is 0. The third kappa shape index (κ3) is 3.19. The Kier molecular flexibility index (Phi) is 4.39. The van der Waals surface area contributed by atoms with E-state index in [2.05, 4.69) is 19.9 Å². The molecule has 0 saturated carbocycles. The summed E-state index contributed by atoms with van der Waals surface area (Å²) in [6.07, 6.45) is 6.61. The van der Waals surface area contributed by atoms with Gasteiger partial charge in [-0.15, -0.1) is 0 Å². The summed E-state index contributed by atoms with van der Waals surface area (Å²) < 4.78 is 32.9. The van der Waals surface area contributed by atoms with Crippen LogP contribution in [0.5, 0.6) is 0 Å². The van der Waals surface area contributed by atoms with Crippen molar-refractivity contribution in [3.05, 3.63) is 67.1 Å². The van der Waals surface area contributed by atoms with E-state index in [1.54, 1.807) is 30.6 Å². The molecule has 158 valence electrons. The van der Waals surface area contributed by atoms with Gasteiger partial charge in [0.15, 0.2) is 11.6 Å². The largest absolute Gasteiger partial charge is 0.434 e. The number of halogens is 1. The Morgan fingerprint density at radius 3 is 2.56 bits per heavy atom. The lowest BCUT2D eigenvalue weighted by molar-refractivity contribution is 0.507. The molecule has 0 aliphatic carbocycles. The second-order valence-corrected chi connectivity index (χ2v) is 8.98. The molecule has 0 unspecified atom stereocenters. The normalized spacial score (nSPS) is 18.0. The second-order valence-electron chi connectivity index (χ2n) is 7.43. The highest BCUT2D eigenvalue weighted by Gasteiger charge is 2.30. The maximum atomic E-state index is 13.5. The summed E-state index contributed by atoms with van der Waals surface area (Å²) in [6.45, 7) is 0. The molecule has 0 radical (unpaired) electrons. The van der Waals surface area contributed by atoms with Crippen LogP contribution in [-0.4, -0.2) is 45.4 Å². The summed E-state index contributed by atoms with van der Waals surface area (Å²) in [4.78, 5) is 17.3.